The number of benzene rings is 2. The van der Waals surface area contributed by atoms with E-state index < -0.39 is 0 Å². The molecule has 0 spiro atoms. The van der Waals surface area contributed by atoms with Crippen LogP contribution in [0.3, 0.4) is 0 Å². The third-order valence-corrected chi connectivity index (χ3v) is 9.82. The van der Waals surface area contributed by atoms with E-state index in [1.807, 2.05) is 13.0 Å². The Morgan fingerprint density at radius 3 is 2.09 bits per heavy atom. The van der Waals surface area contributed by atoms with Gasteiger partial charge in [-0.15, -0.1) is 11.3 Å². The fourth-order valence-corrected chi connectivity index (χ4v) is 7.84. The predicted octanol–water partition coefficient (Wildman–Crippen LogP) is 9.64. The van der Waals surface area contributed by atoms with Gasteiger partial charge in [0.1, 0.15) is 0 Å². The summed E-state index contributed by atoms with van der Waals surface area (Å²) in [6.07, 6.45) is 13.1. The van der Waals surface area contributed by atoms with Gasteiger partial charge in [-0.1, -0.05) is 37.6 Å². The molecule has 0 unspecified atom stereocenters. The molecule has 1 heterocycles. The Bertz CT molecular complexity index is 1070. The van der Waals surface area contributed by atoms with Crippen molar-refractivity contribution in [1.29, 1.82) is 0 Å². The van der Waals surface area contributed by atoms with E-state index in [0.29, 0.717) is 18.3 Å². The van der Waals surface area contributed by atoms with Gasteiger partial charge in [-0.05, 0) is 123 Å². The Labute approximate surface area is 208 Å². The summed E-state index contributed by atoms with van der Waals surface area (Å²) in [5, 5.41) is 1.03. The normalized spacial score (nSPS) is 25.5. The van der Waals surface area contributed by atoms with Gasteiger partial charge in [-0.2, -0.15) is 0 Å². The van der Waals surface area contributed by atoms with Crippen LogP contribution in [0.5, 0.6) is 5.75 Å². The smallest absolute Gasteiger partial charge is 0.182 e. The first-order chi connectivity index (χ1) is 16.7. The molecule has 0 N–H and O–H groups in total. The fourth-order valence-electron chi connectivity index (χ4n) is 6.58. The van der Waals surface area contributed by atoms with E-state index >= 15 is 0 Å². The Kier molecular flexibility index (Phi) is 7.58. The largest absolute Gasteiger partial charge is 0.491 e. The molecular weight excluding hydrogens is 439 g/mol. The number of halogens is 1. The van der Waals surface area contributed by atoms with E-state index in [-0.39, 0.29) is 5.82 Å². The molecular formula is C31H39FOS. The third kappa shape index (κ3) is 5.05. The molecule has 0 bridgehead atoms. The molecule has 0 amide bonds. The first-order valence-corrected chi connectivity index (χ1v) is 14.4. The van der Waals surface area contributed by atoms with Gasteiger partial charge in [0.15, 0.2) is 11.6 Å². The second-order valence-electron chi connectivity index (χ2n) is 10.6. The molecule has 0 aliphatic heterocycles. The zero-order valence-corrected chi connectivity index (χ0v) is 21.6. The number of fused-ring (bicyclic) bond motifs is 1. The predicted molar refractivity (Wildman–Crippen MR) is 143 cm³/mol. The lowest BCUT2D eigenvalue weighted by atomic mass is 9.68. The maximum absolute atomic E-state index is 14.8. The molecule has 3 heteroatoms. The van der Waals surface area contributed by atoms with Crippen LogP contribution in [0.25, 0.3) is 10.1 Å². The second kappa shape index (κ2) is 10.8. The lowest BCUT2D eigenvalue weighted by Crippen LogP contribution is -2.24. The second-order valence-corrected chi connectivity index (χ2v) is 11.7. The monoisotopic (exact) mass is 478 g/mol. The van der Waals surface area contributed by atoms with Crippen LogP contribution in [0.15, 0.2) is 42.5 Å². The highest BCUT2D eigenvalue weighted by Crippen LogP contribution is 2.47. The summed E-state index contributed by atoms with van der Waals surface area (Å²) in [6.45, 7) is 4.65. The summed E-state index contributed by atoms with van der Waals surface area (Å²) >= 11 is 1.65. The molecule has 0 radical (unpaired) electrons. The maximum Gasteiger partial charge on any atom is 0.182 e. The molecule has 2 fully saturated rings. The SMILES string of the molecule is CCCc1ccc(C2CCC(C3CCC(c4cc5ccc(OCC)c(F)c5s4)CC3)CC2)cc1. The Hall–Kier alpha value is -1.87. The van der Waals surface area contributed by atoms with Crippen LogP contribution in [-0.4, -0.2) is 6.61 Å². The summed E-state index contributed by atoms with van der Waals surface area (Å²) in [5.74, 6) is 3.37. The van der Waals surface area contributed by atoms with Crippen LogP contribution in [0.4, 0.5) is 4.39 Å². The van der Waals surface area contributed by atoms with Crippen molar-refractivity contribution >= 4 is 21.4 Å². The molecule has 0 atom stereocenters. The van der Waals surface area contributed by atoms with Crippen molar-refractivity contribution in [3.63, 3.8) is 0 Å². The van der Waals surface area contributed by atoms with E-state index in [4.69, 9.17) is 4.74 Å². The topological polar surface area (TPSA) is 9.23 Å². The molecule has 2 aromatic carbocycles. The Morgan fingerprint density at radius 2 is 1.47 bits per heavy atom. The first kappa shape index (κ1) is 23.9. The van der Waals surface area contributed by atoms with Gasteiger partial charge in [0.05, 0.1) is 11.3 Å². The minimum absolute atomic E-state index is 0.180. The van der Waals surface area contributed by atoms with E-state index in [2.05, 4.69) is 37.3 Å². The quantitative estimate of drug-likeness (QED) is 0.328. The molecule has 1 aromatic heterocycles. The maximum atomic E-state index is 14.8. The molecule has 2 aliphatic carbocycles. The minimum Gasteiger partial charge on any atom is -0.491 e. The Balaban J connectivity index is 1.15. The van der Waals surface area contributed by atoms with Gasteiger partial charge < -0.3 is 4.74 Å². The molecule has 34 heavy (non-hydrogen) atoms. The molecule has 3 aromatic rings. The van der Waals surface area contributed by atoms with E-state index in [1.165, 1.54) is 74.6 Å². The zero-order valence-electron chi connectivity index (χ0n) is 20.8. The standard InChI is InChI=1S/C31H39FOS/c1-3-5-21-6-8-22(9-7-21)23-10-12-24(13-11-23)25-14-16-26(17-15-25)29-20-27-18-19-28(33-4-2)30(32)31(27)34-29/h6-9,18-20,23-26H,3-5,10-17H2,1-2H3. The van der Waals surface area contributed by atoms with Crippen molar-refractivity contribution in [1.82, 2.24) is 0 Å². The van der Waals surface area contributed by atoms with Crippen molar-refractivity contribution in [2.45, 2.75) is 89.9 Å². The Morgan fingerprint density at radius 1 is 0.824 bits per heavy atom. The van der Waals surface area contributed by atoms with Gasteiger partial charge in [-0.3, -0.25) is 0 Å². The van der Waals surface area contributed by atoms with Crippen molar-refractivity contribution in [3.8, 4) is 5.75 Å². The highest BCUT2D eigenvalue weighted by Gasteiger charge is 2.32. The van der Waals surface area contributed by atoms with Crippen LogP contribution >= 0.6 is 11.3 Å². The zero-order chi connectivity index (χ0) is 23.5. The third-order valence-electron chi connectivity index (χ3n) is 8.51. The van der Waals surface area contributed by atoms with Crippen molar-refractivity contribution in [2.75, 3.05) is 6.61 Å². The number of aryl methyl sites for hydroxylation is 1. The molecule has 1 nitrogen and oxygen atoms in total. The van der Waals surface area contributed by atoms with E-state index in [1.54, 1.807) is 23.0 Å². The van der Waals surface area contributed by atoms with Crippen molar-refractivity contribution < 1.29 is 9.13 Å². The first-order valence-electron chi connectivity index (χ1n) is 13.6. The van der Waals surface area contributed by atoms with Gasteiger partial charge in [0.2, 0.25) is 0 Å². The van der Waals surface area contributed by atoms with Gasteiger partial charge in [-0.25, -0.2) is 4.39 Å². The lowest BCUT2D eigenvalue weighted by molar-refractivity contribution is 0.177. The van der Waals surface area contributed by atoms with Crippen LogP contribution in [0.1, 0.15) is 99.5 Å². The summed E-state index contributed by atoms with van der Waals surface area (Å²) < 4.78 is 21.1. The summed E-state index contributed by atoms with van der Waals surface area (Å²) in [6, 6.07) is 15.5. The molecule has 2 saturated carbocycles. The molecule has 2 aliphatic rings. The molecule has 0 saturated heterocycles. The van der Waals surface area contributed by atoms with E-state index in [9.17, 15) is 4.39 Å². The number of hydrogen-bond acceptors (Lipinski definition) is 2. The summed E-state index contributed by atoms with van der Waals surface area (Å²) in [7, 11) is 0. The van der Waals surface area contributed by atoms with Crippen LogP contribution in [-0.2, 0) is 6.42 Å². The van der Waals surface area contributed by atoms with Crippen molar-refractivity contribution in [2.24, 2.45) is 11.8 Å². The number of ether oxygens (including phenoxy) is 1. The summed E-state index contributed by atoms with van der Waals surface area (Å²) in [4.78, 5) is 1.37. The van der Waals surface area contributed by atoms with Crippen LogP contribution < -0.4 is 4.74 Å². The lowest BCUT2D eigenvalue weighted by Gasteiger charge is -2.38. The highest BCUT2D eigenvalue weighted by atomic mass is 32.1. The molecule has 5 rings (SSSR count). The number of hydrogen-bond donors (Lipinski definition) is 0. The average molecular weight is 479 g/mol. The number of rotatable bonds is 7. The summed E-state index contributed by atoms with van der Waals surface area (Å²) in [5.41, 5.74) is 3.04. The van der Waals surface area contributed by atoms with Gasteiger partial charge in [0, 0.05) is 4.88 Å². The van der Waals surface area contributed by atoms with E-state index in [0.717, 1.165) is 27.8 Å². The van der Waals surface area contributed by atoms with Gasteiger partial charge in [0.25, 0.3) is 0 Å². The van der Waals surface area contributed by atoms with Gasteiger partial charge >= 0.3 is 0 Å². The number of thiophene rings is 1. The average Bonchev–Trinajstić information content (AvgIpc) is 3.32. The van der Waals surface area contributed by atoms with Crippen molar-refractivity contribution in [3.05, 3.63) is 64.3 Å². The molecule has 182 valence electrons. The van der Waals surface area contributed by atoms with Crippen LogP contribution in [0, 0.1) is 17.7 Å². The van der Waals surface area contributed by atoms with Crippen LogP contribution in [0.2, 0.25) is 0 Å². The highest BCUT2D eigenvalue weighted by molar-refractivity contribution is 7.19. The fraction of sp³-hybridized carbons (Fsp3) is 0.548. The minimum atomic E-state index is -0.180.